The van der Waals surface area contributed by atoms with Crippen molar-refractivity contribution in [3.05, 3.63) is 31.1 Å². The van der Waals surface area contributed by atoms with Crippen molar-refractivity contribution in [2.45, 2.75) is 38.1 Å². The Hall–Kier alpha value is -2.11. The van der Waals surface area contributed by atoms with Gasteiger partial charge in [0.1, 0.15) is 18.0 Å². The summed E-state index contributed by atoms with van der Waals surface area (Å²) in [6.07, 6.45) is 13.8. The normalized spacial score (nSPS) is 20.0. The zero-order valence-corrected chi connectivity index (χ0v) is 13.5. The SMILES string of the molecule is c1cn(C2CCN(c3cc(N4CCCCC4)ncn3)CC2)cn1. The highest BCUT2D eigenvalue weighted by Crippen LogP contribution is 2.27. The molecule has 4 rings (SSSR count). The quantitative estimate of drug-likeness (QED) is 0.871. The first kappa shape index (κ1) is 14.5. The van der Waals surface area contributed by atoms with Gasteiger partial charge in [-0.2, -0.15) is 0 Å². The maximum atomic E-state index is 4.51. The lowest BCUT2D eigenvalue weighted by atomic mass is 10.0. The van der Waals surface area contributed by atoms with Gasteiger partial charge in [0, 0.05) is 50.7 Å². The Morgan fingerprint density at radius 3 is 2.22 bits per heavy atom. The standard InChI is InChI=1S/C17H24N6/c1-2-7-21(8-3-1)16-12-17(20-13-19-16)22-9-4-15(5-10-22)23-11-6-18-14-23/h6,11-15H,1-5,7-10H2. The Morgan fingerprint density at radius 2 is 1.57 bits per heavy atom. The van der Waals surface area contributed by atoms with Crippen LogP contribution in [0.3, 0.4) is 0 Å². The molecule has 2 fully saturated rings. The van der Waals surface area contributed by atoms with Crippen molar-refractivity contribution in [1.29, 1.82) is 0 Å². The molecule has 2 saturated heterocycles. The second-order valence-corrected chi connectivity index (χ2v) is 6.51. The minimum atomic E-state index is 0.567. The first-order valence-electron chi connectivity index (χ1n) is 8.69. The number of rotatable bonds is 3. The first-order chi connectivity index (χ1) is 11.4. The maximum Gasteiger partial charge on any atom is 0.134 e. The smallest absolute Gasteiger partial charge is 0.134 e. The van der Waals surface area contributed by atoms with Crippen LogP contribution < -0.4 is 9.80 Å². The first-order valence-corrected chi connectivity index (χ1v) is 8.69. The molecule has 6 heteroatoms. The maximum absolute atomic E-state index is 4.51. The predicted octanol–water partition coefficient (Wildman–Crippen LogP) is 2.50. The third-order valence-electron chi connectivity index (χ3n) is 5.05. The van der Waals surface area contributed by atoms with Gasteiger partial charge in [-0.3, -0.25) is 0 Å². The van der Waals surface area contributed by atoms with E-state index in [0.717, 1.165) is 50.7 Å². The van der Waals surface area contributed by atoms with Crippen molar-refractivity contribution in [2.75, 3.05) is 36.0 Å². The van der Waals surface area contributed by atoms with Gasteiger partial charge in [-0.05, 0) is 32.1 Å². The summed E-state index contributed by atoms with van der Waals surface area (Å²) in [5.74, 6) is 2.16. The van der Waals surface area contributed by atoms with Crippen LogP contribution in [0.2, 0.25) is 0 Å². The molecule has 0 N–H and O–H groups in total. The van der Waals surface area contributed by atoms with E-state index in [1.54, 1.807) is 6.33 Å². The zero-order valence-electron chi connectivity index (χ0n) is 13.5. The van der Waals surface area contributed by atoms with Crippen LogP contribution in [0.15, 0.2) is 31.1 Å². The fourth-order valence-electron chi connectivity index (χ4n) is 3.68. The van der Waals surface area contributed by atoms with E-state index in [4.69, 9.17) is 0 Å². The van der Waals surface area contributed by atoms with E-state index in [0.29, 0.717) is 6.04 Å². The summed E-state index contributed by atoms with van der Waals surface area (Å²) in [5, 5.41) is 0. The number of hydrogen-bond acceptors (Lipinski definition) is 5. The van der Waals surface area contributed by atoms with Crippen LogP contribution in [0.25, 0.3) is 0 Å². The van der Waals surface area contributed by atoms with E-state index in [9.17, 15) is 0 Å². The van der Waals surface area contributed by atoms with Crippen molar-refractivity contribution in [3.63, 3.8) is 0 Å². The van der Waals surface area contributed by atoms with Gasteiger partial charge in [-0.25, -0.2) is 15.0 Å². The van der Waals surface area contributed by atoms with Gasteiger partial charge in [0.15, 0.2) is 0 Å². The van der Waals surface area contributed by atoms with Crippen LogP contribution in [0, 0.1) is 0 Å². The molecule has 23 heavy (non-hydrogen) atoms. The van der Waals surface area contributed by atoms with E-state index in [1.807, 2.05) is 12.5 Å². The fourth-order valence-corrected chi connectivity index (χ4v) is 3.68. The summed E-state index contributed by atoms with van der Waals surface area (Å²) >= 11 is 0. The largest absolute Gasteiger partial charge is 0.356 e. The van der Waals surface area contributed by atoms with Crippen molar-refractivity contribution < 1.29 is 0 Å². The molecule has 0 radical (unpaired) electrons. The van der Waals surface area contributed by atoms with Gasteiger partial charge in [0.05, 0.1) is 6.33 Å². The molecule has 2 aromatic heterocycles. The summed E-state index contributed by atoms with van der Waals surface area (Å²) < 4.78 is 2.23. The molecule has 122 valence electrons. The van der Waals surface area contributed by atoms with Crippen LogP contribution in [-0.4, -0.2) is 45.7 Å². The molecule has 0 aromatic carbocycles. The molecular formula is C17H24N6. The third-order valence-corrected chi connectivity index (χ3v) is 5.05. The molecular weight excluding hydrogens is 288 g/mol. The van der Waals surface area contributed by atoms with Crippen LogP contribution in [0.5, 0.6) is 0 Å². The highest BCUT2D eigenvalue weighted by molar-refractivity contribution is 5.50. The second kappa shape index (κ2) is 6.56. The molecule has 0 atom stereocenters. The van der Waals surface area contributed by atoms with E-state index in [2.05, 4.69) is 41.6 Å². The number of aromatic nitrogens is 4. The fraction of sp³-hybridized carbons (Fsp3) is 0.588. The molecule has 0 amide bonds. The Bertz CT molecular complexity index is 612. The number of imidazole rings is 1. The minimum Gasteiger partial charge on any atom is -0.356 e. The molecule has 0 spiro atoms. The summed E-state index contributed by atoms with van der Waals surface area (Å²) in [7, 11) is 0. The summed E-state index contributed by atoms with van der Waals surface area (Å²) in [6.45, 7) is 4.33. The van der Waals surface area contributed by atoms with Gasteiger partial charge < -0.3 is 14.4 Å². The molecule has 6 nitrogen and oxygen atoms in total. The number of anilines is 2. The van der Waals surface area contributed by atoms with Gasteiger partial charge in [-0.15, -0.1) is 0 Å². The van der Waals surface area contributed by atoms with Crippen molar-refractivity contribution >= 4 is 11.6 Å². The average molecular weight is 312 g/mol. The van der Waals surface area contributed by atoms with Crippen molar-refractivity contribution in [2.24, 2.45) is 0 Å². The van der Waals surface area contributed by atoms with Crippen LogP contribution in [-0.2, 0) is 0 Å². The Morgan fingerprint density at radius 1 is 0.870 bits per heavy atom. The van der Waals surface area contributed by atoms with Crippen LogP contribution in [0.4, 0.5) is 11.6 Å². The number of piperidine rings is 2. The minimum absolute atomic E-state index is 0.567. The van der Waals surface area contributed by atoms with Crippen LogP contribution >= 0.6 is 0 Å². The van der Waals surface area contributed by atoms with Crippen molar-refractivity contribution in [1.82, 2.24) is 19.5 Å². The van der Waals surface area contributed by atoms with Crippen molar-refractivity contribution in [3.8, 4) is 0 Å². The van der Waals surface area contributed by atoms with Gasteiger partial charge in [0.25, 0.3) is 0 Å². The van der Waals surface area contributed by atoms with Gasteiger partial charge >= 0.3 is 0 Å². The molecule has 0 saturated carbocycles. The molecule has 2 aliphatic heterocycles. The lowest BCUT2D eigenvalue weighted by molar-refractivity contribution is 0.394. The molecule has 2 aromatic rings. The van der Waals surface area contributed by atoms with E-state index in [1.165, 1.54) is 19.3 Å². The van der Waals surface area contributed by atoms with Crippen LogP contribution in [0.1, 0.15) is 38.1 Å². The topological polar surface area (TPSA) is 50.1 Å². The summed E-state index contributed by atoms with van der Waals surface area (Å²) in [6, 6.07) is 2.74. The highest BCUT2D eigenvalue weighted by atomic mass is 15.2. The third kappa shape index (κ3) is 3.16. The monoisotopic (exact) mass is 312 g/mol. The van der Waals surface area contributed by atoms with E-state index in [-0.39, 0.29) is 0 Å². The Balaban J connectivity index is 1.42. The van der Waals surface area contributed by atoms with Gasteiger partial charge in [0.2, 0.25) is 0 Å². The molecule has 2 aliphatic rings. The van der Waals surface area contributed by atoms with E-state index < -0.39 is 0 Å². The average Bonchev–Trinajstić information content (AvgIpc) is 3.17. The lowest BCUT2D eigenvalue weighted by Gasteiger charge is -2.34. The molecule has 0 bridgehead atoms. The predicted molar refractivity (Wildman–Crippen MR) is 90.8 cm³/mol. The Labute approximate surface area is 137 Å². The second-order valence-electron chi connectivity index (χ2n) is 6.51. The molecule has 0 unspecified atom stereocenters. The number of hydrogen-bond donors (Lipinski definition) is 0. The lowest BCUT2D eigenvalue weighted by Crippen LogP contribution is -2.35. The highest BCUT2D eigenvalue weighted by Gasteiger charge is 2.22. The summed E-state index contributed by atoms with van der Waals surface area (Å²) in [5.41, 5.74) is 0. The van der Waals surface area contributed by atoms with E-state index >= 15 is 0 Å². The molecule has 4 heterocycles. The zero-order chi connectivity index (χ0) is 15.5. The Kier molecular flexibility index (Phi) is 4.13. The number of nitrogens with zero attached hydrogens (tertiary/aromatic N) is 6. The van der Waals surface area contributed by atoms with Gasteiger partial charge in [-0.1, -0.05) is 0 Å². The summed E-state index contributed by atoms with van der Waals surface area (Å²) in [4.78, 5) is 18.0. The molecule has 0 aliphatic carbocycles.